The Balaban J connectivity index is 1.62. The summed E-state index contributed by atoms with van der Waals surface area (Å²) in [5.41, 5.74) is 2.45. The van der Waals surface area contributed by atoms with Crippen LogP contribution in [0.2, 0.25) is 0 Å². The molecular weight excluding hydrogens is 366 g/mol. The van der Waals surface area contributed by atoms with Gasteiger partial charge in [-0.2, -0.15) is 0 Å². The molecule has 1 heterocycles. The highest BCUT2D eigenvalue weighted by Crippen LogP contribution is 2.19. The number of aromatic amines is 1. The summed E-state index contributed by atoms with van der Waals surface area (Å²) in [7, 11) is 0. The Morgan fingerprint density at radius 3 is 2.48 bits per heavy atom. The van der Waals surface area contributed by atoms with E-state index in [1.54, 1.807) is 60.7 Å². The van der Waals surface area contributed by atoms with Gasteiger partial charge in [0, 0.05) is 22.9 Å². The number of nitrogens with zero attached hydrogens (tertiary/aromatic N) is 1. The molecule has 0 bridgehead atoms. The first-order valence-electron chi connectivity index (χ1n) is 8.97. The van der Waals surface area contributed by atoms with Gasteiger partial charge in [-0.05, 0) is 36.4 Å². The molecule has 0 aliphatic heterocycles. The van der Waals surface area contributed by atoms with Gasteiger partial charge in [0.15, 0.2) is 0 Å². The number of anilines is 1. The van der Waals surface area contributed by atoms with Crippen LogP contribution in [0.4, 0.5) is 5.69 Å². The third kappa shape index (κ3) is 4.06. The van der Waals surface area contributed by atoms with Crippen LogP contribution in [0.25, 0.3) is 22.9 Å². The lowest BCUT2D eigenvalue weighted by molar-refractivity contribution is 0.102. The smallest absolute Gasteiger partial charge is 0.274 e. The van der Waals surface area contributed by atoms with Crippen LogP contribution in [0, 0.1) is 0 Å². The second-order valence-electron chi connectivity index (χ2n) is 6.40. The molecule has 0 radical (unpaired) electrons. The van der Waals surface area contributed by atoms with E-state index in [9.17, 15) is 14.7 Å². The van der Waals surface area contributed by atoms with Gasteiger partial charge in [-0.25, -0.2) is 4.98 Å². The van der Waals surface area contributed by atoms with Crippen LogP contribution < -0.4 is 10.9 Å². The first kappa shape index (κ1) is 18.2. The molecule has 4 aromatic rings. The molecule has 29 heavy (non-hydrogen) atoms. The summed E-state index contributed by atoms with van der Waals surface area (Å²) >= 11 is 0. The number of H-pyrrole nitrogens is 1. The Morgan fingerprint density at radius 1 is 0.931 bits per heavy atom. The molecule has 3 aromatic carbocycles. The summed E-state index contributed by atoms with van der Waals surface area (Å²) in [5.74, 6) is -0.382. The lowest BCUT2D eigenvalue weighted by Gasteiger charge is -2.07. The second-order valence-corrected chi connectivity index (χ2v) is 6.40. The van der Waals surface area contributed by atoms with Gasteiger partial charge in [-0.15, -0.1) is 0 Å². The number of aromatic nitrogens is 2. The highest BCUT2D eigenvalue weighted by molar-refractivity contribution is 6.04. The number of hydrogen-bond acceptors (Lipinski definition) is 4. The Bertz CT molecular complexity index is 1280. The van der Waals surface area contributed by atoms with E-state index in [0.29, 0.717) is 27.8 Å². The number of fused-ring (bicyclic) bond motifs is 1. The molecule has 142 valence electrons. The minimum absolute atomic E-state index is 0.0972. The van der Waals surface area contributed by atoms with Crippen molar-refractivity contribution < 1.29 is 9.90 Å². The quantitative estimate of drug-likeness (QED) is 0.460. The second kappa shape index (κ2) is 7.82. The maximum absolute atomic E-state index is 12.3. The molecule has 6 heteroatoms. The van der Waals surface area contributed by atoms with Crippen LogP contribution in [-0.4, -0.2) is 21.0 Å². The topological polar surface area (TPSA) is 95.1 Å². The van der Waals surface area contributed by atoms with Gasteiger partial charge in [-0.3, -0.25) is 9.59 Å². The minimum Gasteiger partial charge on any atom is -0.507 e. The number of aliphatic hydroxyl groups is 1. The van der Waals surface area contributed by atoms with Crippen LogP contribution in [0.5, 0.6) is 0 Å². The zero-order valence-electron chi connectivity index (χ0n) is 15.3. The van der Waals surface area contributed by atoms with Crippen molar-refractivity contribution in [2.24, 2.45) is 0 Å². The standard InChI is InChI=1S/C23H17N3O3/c27-21(14-20-23(29)26-19-12-5-4-11-18(19)25-20)16-9-6-10-17(13-16)24-22(28)15-7-2-1-3-8-15/h1-14,27H,(H,24,28)(H,26,29). The van der Waals surface area contributed by atoms with Gasteiger partial charge >= 0.3 is 0 Å². The third-order valence-electron chi connectivity index (χ3n) is 4.35. The fraction of sp³-hybridized carbons (Fsp3) is 0. The van der Waals surface area contributed by atoms with Crippen molar-refractivity contribution in [2.45, 2.75) is 0 Å². The molecule has 0 aliphatic rings. The van der Waals surface area contributed by atoms with Crippen molar-refractivity contribution in [3.63, 3.8) is 0 Å². The summed E-state index contributed by atoms with van der Waals surface area (Å²) in [6, 6.07) is 22.7. The maximum Gasteiger partial charge on any atom is 0.274 e. The fourth-order valence-electron chi connectivity index (χ4n) is 2.90. The molecule has 1 aromatic heterocycles. The number of nitrogens with one attached hydrogen (secondary N) is 2. The highest BCUT2D eigenvalue weighted by atomic mass is 16.3. The van der Waals surface area contributed by atoms with E-state index in [1.165, 1.54) is 6.08 Å². The Morgan fingerprint density at radius 2 is 1.66 bits per heavy atom. The van der Waals surface area contributed by atoms with Gasteiger partial charge < -0.3 is 15.4 Å². The molecule has 0 fully saturated rings. The average Bonchev–Trinajstić information content (AvgIpc) is 2.75. The van der Waals surface area contributed by atoms with E-state index < -0.39 is 5.56 Å². The maximum atomic E-state index is 12.3. The third-order valence-corrected chi connectivity index (χ3v) is 4.35. The van der Waals surface area contributed by atoms with Crippen molar-refractivity contribution >= 4 is 34.5 Å². The van der Waals surface area contributed by atoms with Crippen LogP contribution in [0.3, 0.4) is 0 Å². The molecule has 3 N–H and O–H groups in total. The van der Waals surface area contributed by atoms with Gasteiger partial charge in [0.2, 0.25) is 0 Å². The molecule has 0 atom stereocenters. The van der Waals surface area contributed by atoms with E-state index in [2.05, 4.69) is 15.3 Å². The Hall–Kier alpha value is -4.19. The molecule has 0 saturated carbocycles. The molecular formula is C23H17N3O3. The molecule has 6 nitrogen and oxygen atoms in total. The Labute approximate surface area is 166 Å². The molecule has 0 saturated heterocycles. The zero-order valence-corrected chi connectivity index (χ0v) is 15.3. The largest absolute Gasteiger partial charge is 0.507 e. The van der Waals surface area contributed by atoms with Crippen molar-refractivity contribution in [3.05, 3.63) is 106 Å². The molecule has 0 unspecified atom stereocenters. The number of carbonyl (C=O) groups is 1. The summed E-state index contributed by atoms with van der Waals surface area (Å²) in [6.45, 7) is 0. The zero-order chi connectivity index (χ0) is 20.2. The van der Waals surface area contributed by atoms with E-state index in [-0.39, 0.29) is 17.4 Å². The summed E-state index contributed by atoms with van der Waals surface area (Å²) in [5, 5.41) is 13.3. The molecule has 0 spiro atoms. The van der Waals surface area contributed by atoms with Gasteiger partial charge in [0.25, 0.3) is 11.5 Å². The van der Waals surface area contributed by atoms with Crippen molar-refractivity contribution in [2.75, 3.05) is 5.32 Å². The average molecular weight is 383 g/mol. The number of benzene rings is 3. The first-order valence-corrected chi connectivity index (χ1v) is 8.97. The van der Waals surface area contributed by atoms with Crippen molar-refractivity contribution in [3.8, 4) is 0 Å². The monoisotopic (exact) mass is 383 g/mol. The number of para-hydroxylation sites is 2. The van der Waals surface area contributed by atoms with Gasteiger partial charge in [-0.1, -0.05) is 42.5 Å². The lowest BCUT2D eigenvalue weighted by atomic mass is 10.1. The van der Waals surface area contributed by atoms with E-state index in [0.717, 1.165) is 0 Å². The van der Waals surface area contributed by atoms with E-state index >= 15 is 0 Å². The van der Waals surface area contributed by atoms with Crippen molar-refractivity contribution in [1.82, 2.24) is 9.97 Å². The van der Waals surface area contributed by atoms with Crippen LogP contribution in [-0.2, 0) is 0 Å². The number of carbonyl (C=O) groups excluding carboxylic acids is 1. The molecule has 0 aliphatic carbocycles. The number of rotatable bonds is 4. The summed E-state index contributed by atoms with van der Waals surface area (Å²) < 4.78 is 0. The highest BCUT2D eigenvalue weighted by Gasteiger charge is 2.08. The van der Waals surface area contributed by atoms with Crippen LogP contribution >= 0.6 is 0 Å². The number of hydrogen-bond donors (Lipinski definition) is 3. The SMILES string of the molecule is O=C(Nc1cccc(C(O)=Cc2nc3ccccc3[nH]c2=O)c1)c1ccccc1. The van der Waals surface area contributed by atoms with Crippen LogP contribution in [0.1, 0.15) is 21.6 Å². The Kier molecular flexibility index (Phi) is 4.90. The van der Waals surface area contributed by atoms with Crippen molar-refractivity contribution in [1.29, 1.82) is 0 Å². The number of aliphatic hydroxyl groups excluding tert-OH is 1. The van der Waals surface area contributed by atoms with Crippen LogP contribution in [0.15, 0.2) is 83.7 Å². The lowest BCUT2D eigenvalue weighted by Crippen LogP contribution is -2.12. The predicted molar refractivity (Wildman–Crippen MR) is 114 cm³/mol. The first-order chi connectivity index (χ1) is 14.1. The number of amides is 1. The normalized spacial score (nSPS) is 11.4. The van der Waals surface area contributed by atoms with Gasteiger partial charge in [0.05, 0.1) is 11.0 Å². The molecule has 4 rings (SSSR count). The minimum atomic E-state index is -0.399. The van der Waals surface area contributed by atoms with Gasteiger partial charge in [0.1, 0.15) is 11.5 Å². The molecule has 1 amide bonds. The summed E-state index contributed by atoms with van der Waals surface area (Å²) in [6.07, 6.45) is 1.31. The van der Waals surface area contributed by atoms with E-state index in [1.807, 2.05) is 18.2 Å². The summed E-state index contributed by atoms with van der Waals surface area (Å²) in [4.78, 5) is 31.6. The predicted octanol–water partition coefficient (Wildman–Crippen LogP) is 4.23. The van der Waals surface area contributed by atoms with E-state index in [4.69, 9.17) is 0 Å². The fourth-order valence-corrected chi connectivity index (χ4v) is 2.90.